The highest BCUT2D eigenvalue weighted by atomic mass is 19.4. The van der Waals surface area contributed by atoms with Crippen LogP contribution in [0.2, 0.25) is 0 Å². The summed E-state index contributed by atoms with van der Waals surface area (Å²) in [5.74, 6) is -0.332. The van der Waals surface area contributed by atoms with E-state index in [9.17, 15) is 18.0 Å². The van der Waals surface area contributed by atoms with Crippen LogP contribution in [0.15, 0.2) is 6.20 Å². The fourth-order valence-corrected chi connectivity index (χ4v) is 1.23. The summed E-state index contributed by atoms with van der Waals surface area (Å²) in [5.41, 5.74) is 5.56. The minimum atomic E-state index is -4.15. The number of carbonyl (C=O) groups excluding carboxylic acids is 1. The average Bonchev–Trinajstić information content (AvgIpc) is 2.72. The number of amides is 1. The average molecular weight is 265 g/mol. The molecule has 18 heavy (non-hydrogen) atoms. The van der Waals surface area contributed by atoms with Crippen LogP contribution < -0.4 is 11.1 Å². The van der Waals surface area contributed by atoms with Gasteiger partial charge in [0.15, 0.2) is 0 Å². The van der Waals surface area contributed by atoms with E-state index >= 15 is 0 Å². The van der Waals surface area contributed by atoms with Gasteiger partial charge in [0.25, 0.3) is 0 Å². The topological polar surface area (TPSA) is 85.8 Å². The molecule has 0 bridgehead atoms. The third-order valence-electron chi connectivity index (χ3n) is 2.09. The Morgan fingerprint density at radius 2 is 2.22 bits per heavy atom. The van der Waals surface area contributed by atoms with Crippen LogP contribution in [-0.4, -0.2) is 33.6 Å². The maximum absolute atomic E-state index is 11.9. The van der Waals surface area contributed by atoms with Gasteiger partial charge in [0.05, 0.1) is 19.3 Å². The van der Waals surface area contributed by atoms with Crippen LogP contribution in [-0.2, 0) is 17.9 Å². The quantitative estimate of drug-likeness (QED) is 0.769. The molecule has 0 aliphatic rings. The molecule has 1 aromatic rings. The first-order valence-corrected chi connectivity index (χ1v) is 5.33. The minimum Gasteiger partial charge on any atom is -0.349 e. The molecule has 1 rings (SSSR count). The van der Waals surface area contributed by atoms with E-state index < -0.39 is 12.6 Å². The Balaban J connectivity index is 2.32. The second kappa shape index (κ2) is 6.34. The summed E-state index contributed by atoms with van der Waals surface area (Å²) >= 11 is 0. The zero-order valence-corrected chi connectivity index (χ0v) is 9.57. The van der Waals surface area contributed by atoms with Crippen molar-refractivity contribution in [2.24, 2.45) is 5.73 Å². The number of halogens is 3. The predicted molar refractivity (Wildman–Crippen MR) is 56.2 cm³/mol. The number of aromatic nitrogens is 3. The van der Waals surface area contributed by atoms with E-state index in [0.29, 0.717) is 5.69 Å². The lowest BCUT2D eigenvalue weighted by atomic mass is 10.3. The highest BCUT2D eigenvalue weighted by Crippen LogP contribution is 2.21. The molecule has 3 N–H and O–H groups in total. The molecule has 102 valence electrons. The zero-order chi connectivity index (χ0) is 13.6. The number of rotatable bonds is 6. The third kappa shape index (κ3) is 5.62. The lowest BCUT2D eigenvalue weighted by molar-refractivity contribution is -0.136. The smallest absolute Gasteiger partial charge is 0.349 e. The number of aryl methyl sites for hydroxylation is 1. The van der Waals surface area contributed by atoms with E-state index in [1.165, 1.54) is 10.9 Å². The van der Waals surface area contributed by atoms with Crippen LogP contribution in [0.25, 0.3) is 0 Å². The summed E-state index contributed by atoms with van der Waals surface area (Å²) in [5, 5.41) is 9.85. The van der Waals surface area contributed by atoms with Crippen molar-refractivity contribution in [3.8, 4) is 0 Å². The molecule has 1 amide bonds. The molecule has 1 heterocycles. The van der Waals surface area contributed by atoms with Gasteiger partial charge in [0, 0.05) is 13.0 Å². The fraction of sp³-hybridized carbons (Fsp3) is 0.667. The largest absolute Gasteiger partial charge is 0.389 e. The number of nitrogens with two attached hydrogens (primary N) is 1. The van der Waals surface area contributed by atoms with Gasteiger partial charge in [-0.3, -0.25) is 9.48 Å². The molecule has 6 nitrogen and oxygen atoms in total. The summed E-state index contributed by atoms with van der Waals surface area (Å²) in [6, 6.07) is 0. The van der Waals surface area contributed by atoms with Gasteiger partial charge in [0.2, 0.25) is 5.91 Å². The van der Waals surface area contributed by atoms with E-state index in [1.807, 2.05) is 0 Å². The summed E-state index contributed by atoms with van der Waals surface area (Å²) in [6.07, 6.45) is -3.57. The summed E-state index contributed by atoms with van der Waals surface area (Å²) in [7, 11) is 0. The Labute approximate surface area is 101 Å². The van der Waals surface area contributed by atoms with Gasteiger partial charge >= 0.3 is 6.18 Å². The molecule has 0 saturated heterocycles. The number of nitrogens with one attached hydrogen (secondary N) is 1. The van der Waals surface area contributed by atoms with E-state index in [4.69, 9.17) is 5.73 Å². The fourth-order valence-electron chi connectivity index (χ4n) is 1.23. The molecule has 0 saturated carbocycles. The van der Waals surface area contributed by atoms with Gasteiger partial charge in [-0.2, -0.15) is 13.2 Å². The van der Waals surface area contributed by atoms with Crippen molar-refractivity contribution in [2.45, 2.75) is 32.1 Å². The minimum absolute atomic E-state index is 0.0541. The van der Waals surface area contributed by atoms with Gasteiger partial charge < -0.3 is 11.1 Å². The van der Waals surface area contributed by atoms with Gasteiger partial charge in [-0.25, -0.2) is 0 Å². The molecular formula is C9H14F3N5O. The van der Waals surface area contributed by atoms with Gasteiger partial charge in [0.1, 0.15) is 5.69 Å². The Morgan fingerprint density at radius 3 is 2.83 bits per heavy atom. The Hall–Kier alpha value is -1.64. The van der Waals surface area contributed by atoms with Gasteiger partial charge in [-0.15, -0.1) is 5.10 Å². The van der Waals surface area contributed by atoms with Gasteiger partial charge in [-0.05, 0) is 6.42 Å². The van der Waals surface area contributed by atoms with Crippen LogP contribution >= 0.6 is 0 Å². The molecule has 0 atom stereocenters. The summed E-state index contributed by atoms with van der Waals surface area (Å²) in [4.78, 5) is 10.9. The van der Waals surface area contributed by atoms with E-state index in [2.05, 4.69) is 15.6 Å². The molecule has 1 aromatic heterocycles. The molecule has 0 aliphatic carbocycles. The molecule has 0 radical (unpaired) electrons. The molecule has 0 unspecified atom stereocenters. The molecule has 0 aliphatic heterocycles. The molecular weight excluding hydrogens is 251 g/mol. The summed E-state index contributed by atoms with van der Waals surface area (Å²) in [6.45, 7) is 0.173. The van der Waals surface area contributed by atoms with Crippen molar-refractivity contribution in [1.29, 1.82) is 0 Å². The molecule has 9 heteroatoms. The van der Waals surface area contributed by atoms with Crippen molar-refractivity contribution in [2.75, 3.05) is 6.54 Å². The standard InChI is InChI=1S/C9H14F3N5O/c10-9(11,12)2-1-3-17-6-7(15-16-17)5-14-8(18)4-13/h6H,1-5,13H2,(H,14,18). The lowest BCUT2D eigenvalue weighted by Crippen LogP contribution is -2.29. The molecule has 0 fully saturated rings. The van der Waals surface area contributed by atoms with Crippen LogP contribution in [0.4, 0.5) is 13.2 Å². The predicted octanol–water partition coefficient (Wildman–Crippen LogP) is 0.195. The maximum atomic E-state index is 11.9. The summed E-state index contributed by atoms with van der Waals surface area (Å²) < 4.78 is 37.0. The monoisotopic (exact) mass is 265 g/mol. The second-order valence-electron chi connectivity index (χ2n) is 3.67. The van der Waals surface area contributed by atoms with Crippen LogP contribution in [0.3, 0.4) is 0 Å². The van der Waals surface area contributed by atoms with E-state index in [0.717, 1.165) is 0 Å². The number of alkyl halides is 3. The van der Waals surface area contributed by atoms with E-state index in [1.54, 1.807) is 0 Å². The van der Waals surface area contributed by atoms with Crippen molar-refractivity contribution in [3.05, 3.63) is 11.9 Å². The maximum Gasteiger partial charge on any atom is 0.389 e. The SMILES string of the molecule is NCC(=O)NCc1cn(CCCC(F)(F)F)nn1. The lowest BCUT2D eigenvalue weighted by Gasteiger charge is -2.04. The molecule has 0 aromatic carbocycles. The normalized spacial score (nSPS) is 11.6. The number of nitrogens with zero attached hydrogens (tertiary/aromatic N) is 3. The first kappa shape index (κ1) is 14.4. The third-order valence-corrected chi connectivity index (χ3v) is 2.09. The number of carbonyl (C=O) groups is 1. The van der Waals surface area contributed by atoms with Crippen molar-refractivity contribution >= 4 is 5.91 Å². The first-order valence-electron chi connectivity index (χ1n) is 5.33. The Morgan fingerprint density at radius 1 is 1.50 bits per heavy atom. The number of hydrogen-bond acceptors (Lipinski definition) is 4. The van der Waals surface area contributed by atoms with Crippen LogP contribution in [0.1, 0.15) is 18.5 Å². The van der Waals surface area contributed by atoms with E-state index in [-0.39, 0.29) is 32.0 Å². The first-order chi connectivity index (χ1) is 8.40. The number of hydrogen-bond donors (Lipinski definition) is 2. The van der Waals surface area contributed by atoms with Crippen molar-refractivity contribution in [3.63, 3.8) is 0 Å². The molecule has 0 spiro atoms. The second-order valence-corrected chi connectivity index (χ2v) is 3.67. The van der Waals surface area contributed by atoms with Crippen LogP contribution in [0.5, 0.6) is 0 Å². The Bertz CT molecular complexity index is 390. The Kier molecular flexibility index (Phi) is 5.08. The van der Waals surface area contributed by atoms with Gasteiger partial charge in [-0.1, -0.05) is 5.21 Å². The zero-order valence-electron chi connectivity index (χ0n) is 9.57. The highest BCUT2D eigenvalue weighted by Gasteiger charge is 2.26. The van der Waals surface area contributed by atoms with Crippen LogP contribution in [0, 0.1) is 0 Å². The van der Waals surface area contributed by atoms with Crippen molar-refractivity contribution in [1.82, 2.24) is 20.3 Å². The highest BCUT2D eigenvalue weighted by molar-refractivity contribution is 5.77. The van der Waals surface area contributed by atoms with Crippen molar-refractivity contribution < 1.29 is 18.0 Å².